The van der Waals surface area contributed by atoms with Gasteiger partial charge in [-0.25, -0.2) is 9.78 Å². The van der Waals surface area contributed by atoms with Gasteiger partial charge < -0.3 is 14.8 Å². The minimum atomic E-state index is -0.725. The molecule has 0 aliphatic heterocycles. The molecule has 148 valence electrons. The second-order valence-corrected chi connectivity index (χ2v) is 6.28. The number of carbonyl (C=O) groups is 2. The Labute approximate surface area is 172 Å². The molecule has 0 atom stereocenters. The Kier molecular flexibility index (Phi) is 5.61. The Morgan fingerprint density at radius 2 is 1.53 bits per heavy atom. The van der Waals surface area contributed by atoms with Gasteiger partial charge in [-0.15, -0.1) is 0 Å². The number of ether oxygens (including phenoxy) is 2. The number of fused-ring (bicyclic) bond motifs is 1. The van der Waals surface area contributed by atoms with Crippen molar-refractivity contribution < 1.29 is 19.1 Å². The van der Waals surface area contributed by atoms with Crippen molar-refractivity contribution in [3.8, 4) is 11.5 Å². The first-order valence-electron chi connectivity index (χ1n) is 9.20. The first-order chi connectivity index (χ1) is 14.7. The Morgan fingerprint density at radius 1 is 0.833 bits per heavy atom. The number of carbonyl (C=O) groups excluding carboxylic acids is 2. The first kappa shape index (κ1) is 19.1. The van der Waals surface area contributed by atoms with Crippen LogP contribution in [-0.4, -0.2) is 28.5 Å². The molecule has 0 fully saturated rings. The lowest BCUT2D eigenvalue weighted by atomic mass is 10.3. The monoisotopic (exact) mass is 399 g/mol. The van der Waals surface area contributed by atoms with E-state index in [2.05, 4.69) is 15.3 Å². The third kappa shape index (κ3) is 4.59. The Balaban J connectivity index is 1.38. The van der Waals surface area contributed by atoms with Crippen LogP contribution >= 0.6 is 0 Å². The molecule has 4 rings (SSSR count). The van der Waals surface area contributed by atoms with Gasteiger partial charge in [0.2, 0.25) is 0 Å². The minimum Gasteiger partial charge on any atom is -0.455 e. The fourth-order valence-corrected chi connectivity index (χ4v) is 2.72. The molecule has 7 nitrogen and oxygen atoms in total. The van der Waals surface area contributed by atoms with Crippen LogP contribution in [0.15, 0.2) is 85.1 Å². The predicted molar refractivity (Wildman–Crippen MR) is 111 cm³/mol. The van der Waals surface area contributed by atoms with Crippen LogP contribution in [0, 0.1) is 0 Å². The number of nitrogens with one attached hydrogen (secondary N) is 1. The molecular weight excluding hydrogens is 382 g/mol. The van der Waals surface area contributed by atoms with Crippen molar-refractivity contribution in [1.82, 2.24) is 9.97 Å². The molecule has 0 bridgehead atoms. The summed E-state index contributed by atoms with van der Waals surface area (Å²) >= 11 is 0. The molecule has 1 heterocycles. The molecule has 0 spiro atoms. The van der Waals surface area contributed by atoms with Gasteiger partial charge in [0.25, 0.3) is 5.91 Å². The summed E-state index contributed by atoms with van der Waals surface area (Å²) in [6, 6.07) is 23.4. The predicted octanol–water partition coefficient (Wildman–Crippen LogP) is 4.22. The normalized spacial score (nSPS) is 10.4. The Morgan fingerprint density at radius 3 is 2.37 bits per heavy atom. The second kappa shape index (κ2) is 8.83. The number of hydrogen-bond donors (Lipinski definition) is 1. The second-order valence-electron chi connectivity index (χ2n) is 6.28. The van der Waals surface area contributed by atoms with E-state index in [-0.39, 0.29) is 5.69 Å². The molecule has 0 radical (unpaired) electrons. The molecule has 0 saturated carbocycles. The smallest absolute Gasteiger partial charge is 0.359 e. The largest absolute Gasteiger partial charge is 0.455 e. The lowest BCUT2D eigenvalue weighted by molar-refractivity contribution is -0.119. The van der Waals surface area contributed by atoms with Crippen LogP contribution in [0.4, 0.5) is 5.69 Å². The number of rotatable bonds is 6. The van der Waals surface area contributed by atoms with Crippen LogP contribution in [0.3, 0.4) is 0 Å². The summed E-state index contributed by atoms with van der Waals surface area (Å²) in [6.07, 6.45) is 1.32. The van der Waals surface area contributed by atoms with Gasteiger partial charge >= 0.3 is 5.97 Å². The van der Waals surface area contributed by atoms with E-state index < -0.39 is 18.5 Å². The molecule has 1 amide bonds. The number of nitrogens with zero attached hydrogens (tertiary/aromatic N) is 2. The summed E-state index contributed by atoms with van der Waals surface area (Å²) in [4.78, 5) is 32.9. The van der Waals surface area contributed by atoms with Crippen molar-refractivity contribution in [3.05, 3.63) is 90.8 Å². The fourth-order valence-electron chi connectivity index (χ4n) is 2.72. The van der Waals surface area contributed by atoms with Gasteiger partial charge in [0, 0.05) is 0 Å². The number of aromatic nitrogens is 2. The molecule has 30 heavy (non-hydrogen) atoms. The van der Waals surface area contributed by atoms with Crippen molar-refractivity contribution >= 4 is 28.6 Å². The van der Waals surface area contributed by atoms with E-state index in [4.69, 9.17) is 9.47 Å². The van der Waals surface area contributed by atoms with E-state index in [1.165, 1.54) is 6.20 Å². The van der Waals surface area contributed by atoms with Gasteiger partial charge in [-0.3, -0.25) is 9.78 Å². The third-order valence-electron chi connectivity index (χ3n) is 4.12. The zero-order valence-corrected chi connectivity index (χ0v) is 15.8. The van der Waals surface area contributed by atoms with Crippen molar-refractivity contribution in [3.63, 3.8) is 0 Å². The van der Waals surface area contributed by atoms with E-state index in [9.17, 15) is 9.59 Å². The highest BCUT2D eigenvalue weighted by molar-refractivity contribution is 5.96. The van der Waals surface area contributed by atoms with Gasteiger partial charge in [-0.2, -0.15) is 0 Å². The molecular formula is C23H17N3O4. The molecule has 1 N–H and O–H groups in total. The van der Waals surface area contributed by atoms with E-state index in [1.807, 2.05) is 36.4 Å². The molecule has 7 heteroatoms. The first-order valence-corrected chi connectivity index (χ1v) is 9.20. The van der Waals surface area contributed by atoms with Crippen LogP contribution in [0.5, 0.6) is 11.5 Å². The van der Waals surface area contributed by atoms with E-state index in [1.54, 1.807) is 42.5 Å². The maximum atomic E-state index is 12.3. The topological polar surface area (TPSA) is 90.4 Å². The van der Waals surface area contributed by atoms with Gasteiger partial charge in [0.05, 0.1) is 22.9 Å². The summed E-state index contributed by atoms with van der Waals surface area (Å²) in [5.41, 5.74) is 1.74. The van der Waals surface area contributed by atoms with Crippen molar-refractivity contribution in [2.75, 3.05) is 11.9 Å². The van der Waals surface area contributed by atoms with Crippen molar-refractivity contribution in [2.45, 2.75) is 0 Å². The van der Waals surface area contributed by atoms with Crippen molar-refractivity contribution in [2.24, 2.45) is 0 Å². The summed E-state index contributed by atoms with van der Waals surface area (Å²) < 4.78 is 10.9. The standard InChI is InChI=1S/C23H17N3O4/c27-22(15-29-23(28)20-14-24-17-10-4-5-11-18(17)25-20)26-19-12-6-7-13-21(19)30-16-8-2-1-3-9-16/h1-14H,15H2,(H,26,27). The number of anilines is 1. The third-order valence-corrected chi connectivity index (χ3v) is 4.12. The van der Waals surface area contributed by atoms with Crippen LogP contribution in [0.25, 0.3) is 11.0 Å². The number of amides is 1. The van der Waals surface area contributed by atoms with Gasteiger partial charge in [-0.05, 0) is 36.4 Å². The average Bonchev–Trinajstić information content (AvgIpc) is 2.79. The van der Waals surface area contributed by atoms with Crippen LogP contribution in [0.2, 0.25) is 0 Å². The molecule has 0 aliphatic rings. The maximum Gasteiger partial charge on any atom is 0.359 e. The minimum absolute atomic E-state index is 0.0364. The Bertz CT molecular complexity index is 1200. The van der Waals surface area contributed by atoms with Gasteiger partial charge in [-0.1, -0.05) is 42.5 Å². The number of para-hydroxylation sites is 5. The number of hydrogen-bond acceptors (Lipinski definition) is 6. The lowest BCUT2D eigenvalue weighted by Crippen LogP contribution is -2.21. The maximum absolute atomic E-state index is 12.3. The zero-order chi connectivity index (χ0) is 20.8. The molecule has 3 aromatic carbocycles. The average molecular weight is 399 g/mol. The Hall–Kier alpha value is -4.26. The summed E-state index contributed by atoms with van der Waals surface area (Å²) in [6.45, 7) is -0.465. The SMILES string of the molecule is O=C(COC(=O)c1cnc2ccccc2n1)Nc1ccccc1Oc1ccccc1. The number of benzene rings is 3. The highest BCUT2D eigenvalue weighted by Crippen LogP contribution is 2.29. The van der Waals surface area contributed by atoms with Crippen LogP contribution in [0.1, 0.15) is 10.5 Å². The lowest BCUT2D eigenvalue weighted by Gasteiger charge is -2.12. The molecule has 1 aromatic heterocycles. The quantitative estimate of drug-likeness (QED) is 0.488. The van der Waals surface area contributed by atoms with E-state index in [0.29, 0.717) is 28.2 Å². The summed E-state index contributed by atoms with van der Waals surface area (Å²) in [5, 5.41) is 2.69. The van der Waals surface area contributed by atoms with Crippen molar-refractivity contribution in [1.29, 1.82) is 0 Å². The van der Waals surface area contributed by atoms with Gasteiger partial charge in [0.1, 0.15) is 5.75 Å². The van der Waals surface area contributed by atoms with E-state index in [0.717, 1.165) is 0 Å². The fraction of sp³-hybridized carbons (Fsp3) is 0.0435. The zero-order valence-electron chi connectivity index (χ0n) is 15.8. The highest BCUT2D eigenvalue weighted by Gasteiger charge is 2.14. The van der Waals surface area contributed by atoms with Gasteiger partial charge in [0.15, 0.2) is 18.1 Å². The van der Waals surface area contributed by atoms with Crippen LogP contribution < -0.4 is 10.1 Å². The molecule has 4 aromatic rings. The summed E-state index contributed by atoms with van der Waals surface area (Å²) in [5.74, 6) is -0.109. The van der Waals surface area contributed by atoms with E-state index >= 15 is 0 Å². The molecule has 0 unspecified atom stereocenters. The molecule has 0 saturated heterocycles. The highest BCUT2D eigenvalue weighted by atomic mass is 16.5. The number of esters is 1. The molecule has 0 aliphatic carbocycles. The van der Waals surface area contributed by atoms with Crippen LogP contribution in [-0.2, 0) is 9.53 Å². The summed E-state index contributed by atoms with van der Waals surface area (Å²) in [7, 11) is 0.